The fourth-order valence-corrected chi connectivity index (χ4v) is 2.76. The lowest BCUT2D eigenvalue weighted by Gasteiger charge is -2.24. The average molecular weight is 396 g/mol. The van der Waals surface area contributed by atoms with Crippen LogP contribution in [0, 0.1) is 5.92 Å². The van der Waals surface area contributed by atoms with Gasteiger partial charge in [-0.2, -0.15) is 0 Å². The summed E-state index contributed by atoms with van der Waals surface area (Å²) in [5, 5.41) is 2.91. The molecule has 0 saturated heterocycles. The van der Waals surface area contributed by atoms with Gasteiger partial charge in [0, 0.05) is 16.9 Å². The van der Waals surface area contributed by atoms with Crippen molar-refractivity contribution in [2.45, 2.75) is 59.1 Å². The number of aromatic nitrogens is 2. The number of fused-ring (bicyclic) bond motifs is 1. The first-order chi connectivity index (χ1) is 11.1. The van der Waals surface area contributed by atoms with Gasteiger partial charge in [0.05, 0.1) is 11.0 Å². The maximum absolute atomic E-state index is 11.8. The molecule has 24 heavy (non-hydrogen) atoms. The lowest BCUT2D eigenvalue weighted by atomic mass is 9.98. The van der Waals surface area contributed by atoms with Crippen molar-refractivity contribution in [1.29, 1.82) is 0 Å². The molecule has 5 nitrogen and oxygen atoms in total. The summed E-state index contributed by atoms with van der Waals surface area (Å²) in [5.74, 6) is 1.29. The number of halogens is 1. The molecule has 0 aliphatic heterocycles. The van der Waals surface area contributed by atoms with Crippen LogP contribution in [0.1, 0.15) is 46.9 Å². The highest BCUT2D eigenvalue weighted by Crippen LogP contribution is 2.19. The minimum atomic E-state index is -0.477. The zero-order valence-corrected chi connectivity index (χ0v) is 16.5. The van der Waals surface area contributed by atoms with E-state index in [1.54, 1.807) is 0 Å². The van der Waals surface area contributed by atoms with Gasteiger partial charge in [-0.25, -0.2) is 9.78 Å². The monoisotopic (exact) mass is 395 g/mol. The van der Waals surface area contributed by atoms with E-state index in [4.69, 9.17) is 4.74 Å². The maximum Gasteiger partial charge on any atom is 0.407 e. The SMILES string of the molecule is CC(CCc1nc2ccc(Br)cc2[nH]1)[C@@H](C)NC(=O)OC(C)(C)C. The molecule has 0 aliphatic carbocycles. The Morgan fingerprint density at radius 2 is 2.08 bits per heavy atom. The van der Waals surface area contributed by atoms with Gasteiger partial charge in [-0.3, -0.25) is 0 Å². The minimum Gasteiger partial charge on any atom is -0.444 e. The van der Waals surface area contributed by atoms with Gasteiger partial charge in [0.25, 0.3) is 0 Å². The fraction of sp³-hybridized carbons (Fsp3) is 0.556. The van der Waals surface area contributed by atoms with Crippen molar-refractivity contribution in [3.05, 3.63) is 28.5 Å². The molecule has 2 aromatic rings. The summed E-state index contributed by atoms with van der Waals surface area (Å²) < 4.78 is 6.34. The van der Waals surface area contributed by atoms with Crippen molar-refractivity contribution in [3.63, 3.8) is 0 Å². The Morgan fingerprint density at radius 1 is 1.38 bits per heavy atom. The van der Waals surface area contributed by atoms with E-state index < -0.39 is 5.60 Å². The molecule has 1 amide bonds. The van der Waals surface area contributed by atoms with E-state index in [0.29, 0.717) is 5.92 Å². The van der Waals surface area contributed by atoms with E-state index >= 15 is 0 Å². The van der Waals surface area contributed by atoms with Crippen molar-refractivity contribution in [2.75, 3.05) is 0 Å². The van der Waals surface area contributed by atoms with Crippen LogP contribution in [0.25, 0.3) is 11.0 Å². The highest BCUT2D eigenvalue weighted by Gasteiger charge is 2.20. The third-order valence-electron chi connectivity index (χ3n) is 3.93. The third kappa shape index (κ3) is 5.51. The number of imidazole rings is 1. The highest BCUT2D eigenvalue weighted by molar-refractivity contribution is 9.10. The van der Waals surface area contributed by atoms with Crippen LogP contribution in [-0.2, 0) is 11.2 Å². The van der Waals surface area contributed by atoms with Crippen LogP contribution in [-0.4, -0.2) is 27.7 Å². The number of rotatable bonds is 5. The number of nitrogens with zero attached hydrogens (tertiary/aromatic N) is 1. The van der Waals surface area contributed by atoms with Gasteiger partial charge in [-0.15, -0.1) is 0 Å². The lowest BCUT2D eigenvalue weighted by molar-refractivity contribution is 0.0493. The number of hydrogen-bond acceptors (Lipinski definition) is 3. The topological polar surface area (TPSA) is 67.0 Å². The second-order valence-corrected chi connectivity index (χ2v) is 8.21. The lowest BCUT2D eigenvalue weighted by Crippen LogP contribution is -2.40. The third-order valence-corrected chi connectivity index (χ3v) is 4.42. The smallest absolute Gasteiger partial charge is 0.407 e. The second kappa shape index (κ2) is 7.55. The number of nitrogens with one attached hydrogen (secondary N) is 2. The number of carbonyl (C=O) groups excluding carboxylic acids is 1. The maximum atomic E-state index is 11.8. The number of alkyl carbamates (subject to hydrolysis) is 1. The Labute approximate surface area is 151 Å². The van der Waals surface area contributed by atoms with Crippen molar-refractivity contribution in [2.24, 2.45) is 5.92 Å². The van der Waals surface area contributed by atoms with E-state index in [1.165, 1.54) is 0 Å². The molecule has 0 spiro atoms. The molecule has 2 N–H and O–H groups in total. The molecule has 0 aliphatic rings. The van der Waals surface area contributed by atoms with Crippen LogP contribution in [0.4, 0.5) is 4.79 Å². The minimum absolute atomic E-state index is 0.0402. The van der Waals surface area contributed by atoms with Crippen molar-refractivity contribution in [1.82, 2.24) is 15.3 Å². The summed E-state index contributed by atoms with van der Waals surface area (Å²) in [6, 6.07) is 6.05. The first-order valence-corrected chi connectivity index (χ1v) is 9.07. The first kappa shape index (κ1) is 18.8. The molecule has 6 heteroatoms. The molecule has 1 aromatic heterocycles. The van der Waals surface area contributed by atoms with Crippen LogP contribution >= 0.6 is 15.9 Å². The Morgan fingerprint density at radius 3 is 2.75 bits per heavy atom. The molecular formula is C18H26BrN3O2. The normalized spacial score (nSPS) is 14.4. The summed E-state index contributed by atoms with van der Waals surface area (Å²) in [4.78, 5) is 19.8. The number of carbonyl (C=O) groups is 1. The number of hydrogen-bond donors (Lipinski definition) is 2. The van der Waals surface area contributed by atoms with Crippen LogP contribution in [0.5, 0.6) is 0 Å². The Kier molecular flexibility index (Phi) is 5.91. The van der Waals surface area contributed by atoms with Crippen LogP contribution in [0.2, 0.25) is 0 Å². The predicted molar refractivity (Wildman–Crippen MR) is 100 cm³/mol. The first-order valence-electron chi connectivity index (χ1n) is 8.28. The quantitative estimate of drug-likeness (QED) is 0.763. The molecule has 0 bridgehead atoms. The molecule has 2 atom stereocenters. The number of amides is 1. The Balaban J connectivity index is 1.86. The van der Waals surface area contributed by atoms with E-state index in [1.807, 2.05) is 45.9 Å². The van der Waals surface area contributed by atoms with Gasteiger partial charge < -0.3 is 15.0 Å². The highest BCUT2D eigenvalue weighted by atomic mass is 79.9. The predicted octanol–water partition coefficient (Wildman–Crippen LogP) is 4.81. The van der Waals surface area contributed by atoms with Crippen molar-refractivity contribution in [3.8, 4) is 0 Å². The standard InChI is InChI=1S/C18H26BrN3O2/c1-11(12(2)20-17(23)24-18(3,4)5)6-9-16-21-14-8-7-13(19)10-15(14)22-16/h7-8,10-12H,6,9H2,1-5H3,(H,20,23)(H,21,22)/t11?,12-/m1/s1. The van der Waals surface area contributed by atoms with Gasteiger partial charge in [-0.1, -0.05) is 22.9 Å². The van der Waals surface area contributed by atoms with Gasteiger partial charge in [0.15, 0.2) is 0 Å². The number of H-pyrrole nitrogens is 1. The number of benzene rings is 1. The number of aryl methyl sites for hydroxylation is 1. The van der Waals surface area contributed by atoms with Crippen molar-refractivity contribution < 1.29 is 9.53 Å². The zero-order valence-electron chi connectivity index (χ0n) is 14.9. The molecule has 0 fully saturated rings. The van der Waals surface area contributed by atoms with Crippen molar-refractivity contribution >= 4 is 33.1 Å². The fourth-order valence-electron chi connectivity index (χ4n) is 2.40. The Hall–Kier alpha value is -1.56. The summed E-state index contributed by atoms with van der Waals surface area (Å²) in [5.41, 5.74) is 1.53. The molecule has 0 radical (unpaired) electrons. The van der Waals surface area contributed by atoms with Crippen LogP contribution < -0.4 is 5.32 Å². The molecule has 0 saturated carbocycles. The average Bonchev–Trinajstić information content (AvgIpc) is 2.84. The summed E-state index contributed by atoms with van der Waals surface area (Å²) in [6.07, 6.45) is 1.40. The van der Waals surface area contributed by atoms with E-state index in [2.05, 4.69) is 38.1 Å². The van der Waals surface area contributed by atoms with Crippen LogP contribution in [0.15, 0.2) is 22.7 Å². The van der Waals surface area contributed by atoms with Gasteiger partial charge in [0.1, 0.15) is 11.4 Å². The van der Waals surface area contributed by atoms with Crippen LogP contribution in [0.3, 0.4) is 0 Å². The Bertz CT molecular complexity index is 706. The summed E-state index contributed by atoms with van der Waals surface area (Å²) in [6.45, 7) is 9.72. The number of ether oxygens (including phenoxy) is 1. The zero-order chi connectivity index (χ0) is 17.9. The largest absolute Gasteiger partial charge is 0.444 e. The molecule has 1 heterocycles. The summed E-state index contributed by atoms with van der Waals surface area (Å²) >= 11 is 3.47. The molecule has 1 aromatic carbocycles. The molecule has 132 valence electrons. The van der Waals surface area contributed by atoms with E-state index in [9.17, 15) is 4.79 Å². The molecule has 1 unspecified atom stereocenters. The number of aromatic amines is 1. The van der Waals surface area contributed by atoms with Gasteiger partial charge >= 0.3 is 6.09 Å². The van der Waals surface area contributed by atoms with E-state index in [0.717, 1.165) is 34.2 Å². The second-order valence-electron chi connectivity index (χ2n) is 7.30. The van der Waals surface area contributed by atoms with E-state index in [-0.39, 0.29) is 12.1 Å². The summed E-state index contributed by atoms with van der Waals surface area (Å²) in [7, 11) is 0. The molecular weight excluding hydrogens is 370 g/mol. The molecule has 2 rings (SSSR count). The van der Waals surface area contributed by atoms with Gasteiger partial charge in [-0.05, 0) is 58.2 Å². The van der Waals surface area contributed by atoms with Gasteiger partial charge in [0.2, 0.25) is 0 Å².